The molecule has 6 heteroatoms. The van der Waals surface area contributed by atoms with E-state index in [-0.39, 0.29) is 18.2 Å². The molecule has 1 aromatic heterocycles. The van der Waals surface area contributed by atoms with Gasteiger partial charge in [0, 0.05) is 23.5 Å². The molecule has 1 heterocycles. The predicted octanol–water partition coefficient (Wildman–Crippen LogP) is 3.71. The van der Waals surface area contributed by atoms with Gasteiger partial charge < -0.3 is 9.30 Å². The Morgan fingerprint density at radius 3 is 2.28 bits per heavy atom. The first kappa shape index (κ1) is 20.2. The number of nitrogens with zero attached hydrogens (tertiary/aromatic N) is 1. The van der Waals surface area contributed by atoms with E-state index in [1.807, 2.05) is 85.1 Å². The van der Waals surface area contributed by atoms with Gasteiger partial charge in [0.1, 0.15) is 5.75 Å². The van der Waals surface area contributed by atoms with Crippen molar-refractivity contribution in [3.63, 3.8) is 0 Å². The highest BCUT2D eigenvalue weighted by atomic mass is 16.5. The zero-order valence-corrected chi connectivity index (χ0v) is 16.6. The van der Waals surface area contributed by atoms with Crippen molar-refractivity contribution >= 4 is 11.8 Å². The lowest BCUT2D eigenvalue weighted by Crippen LogP contribution is -2.41. The van der Waals surface area contributed by atoms with Gasteiger partial charge in [0.15, 0.2) is 0 Å². The van der Waals surface area contributed by atoms with E-state index in [0.717, 1.165) is 22.8 Å². The minimum Gasteiger partial charge on any atom is -0.494 e. The summed E-state index contributed by atoms with van der Waals surface area (Å²) in [6.45, 7) is 4.27. The molecule has 0 unspecified atom stereocenters. The van der Waals surface area contributed by atoms with Gasteiger partial charge in [-0.15, -0.1) is 0 Å². The summed E-state index contributed by atoms with van der Waals surface area (Å²) < 4.78 is 7.57. The summed E-state index contributed by atoms with van der Waals surface area (Å²) in [6.07, 6.45) is 0.815. The van der Waals surface area contributed by atoms with E-state index < -0.39 is 0 Å². The Balaban J connectivity index is 1.49. The lowest BCUT2D eigenvalue weighted by Gasteiger charge is -2.10. The Kier molecular flexibility index (Phi) is 6.68. The quantitative estimate of drug-likeness (QED) is 0.476. The summed E-state index contributed by atoms with van der Waals surface area (Å²) >= 11 is 0. The number of amides is 2. The summed E-state index contributed by atoms with van der Waals surface area (Å²) in [7, 11) is 0. The summed E-state index contributed by atoms with van der Waals surface area (Å²) in [5.74, 6) is 0.177. The zero-order valence-electron chi connectivity index (χ0n) is 16.6. The Morgan fingerprint density at radius 1 is 0.931 bits per heavy atom. The van der Waals surface area contributed by atoms with Crippen molar-refractivity contribution in [1.82, 2.24) is 15.4 Å². The number of carbonyl (C=O) groups excluding carboxylic acids is 2. The fourth-order valence-electron chi connectivity index (χ4n) is 3.16. The zero-order chi connectivity index (χ0) is 20.6. The van der Waals surface area contributed by atoms with Crippen LogP contribution in [0.5, 0.6) is 5.75 Å². The van der Waals surface area contributed by atoms with Crippen molar-refractivity contribution in [2.75, 3.05) is 6.61 Å². The average molecular weight is 391 g/mol. The number of nitrogens with one attached hydrogen (secondary N) is 2. The van der Waals surface area contributed by atoms with Gasteiger partial charge >= 0.3 is 0 Å². The Labute approximate surface area is 170 Å². The molecule has 0 atom stereocenters. The van der Waals surface area contributed by atoms with Crippen LogP contribution in [0.4, 0.5) is 0 Å². The van der Waals surface area contributed by atoms with E-state index in [9.17, 15) is 9.59 Å². The van der Waals surface area contributed by atoms with Crippen LogP contribution >= 0.6 is 0 Å². The molecule has 150 valence electrons. The highest BCUT2D eigenvalue weighted by Gasteiger charge is 2.17. The van der Waals surface area contributed by atoms with Crippen LogP contribution in [0.2, 0.25) is 0 Å². The van der Waals surface area contributed by atoms with E-state index in [1.165, 1.54) is 0 Å². The highest BCUT2D eigenvalue weighted by molar-refractivity contribution is 5.96. The molecule has 0 radical (unpaired) electrons. The molecule has 2 N–H and O–H groups in total. The normalized spacial score (nSPS) is 10.4. The van der Waals surface area contributed by atoms with E-state index in [0.29, 0.717) is 18.6 Å². The van der Waals surface area contributed by atoms with E-state index in [2.05, 4.69) is 10.9 Å². The Bertz CT molecular complexity index is 966. The summed E-state index contributed by atoms with van der Waals surface area (Å²) in [5.41, 5.74) is 8.25. The molecule has 0 spiro atoms. The van der Waals surface area contributed by atoms with Crippen LogP contribution < -0.4 is 15.6 Å². The number of hydrazine groups is 1. The molecule has 0 saturated heterocycles. The number of benzene rings is 2. The van der Waals surface area contributed by atoms with Crippen LogP contribution in [0.1, 0.15) is 34.6 Å². The average Bonchev–Trinajstić information content (AvgIpc) is 3.05. The maximum absolute atomic E-state index is 12.5. The minimum absolute atomic E-state index is 0.258. The van der Waals surface area contributed by atoms with Crippen LogP contribution in [0, 0.1) is 13.8 Å². The van der Waals surface area contributed by atoms with Crippen molar-refractivity contribution in [1.29, 1.82) is 0 Å². The number of hydrogen-bond acceptors (Lipinski definition) is 3. The van der Waals surface area contributed by atoms with Gasteiger partial charge in [-0.25, -0.2) is 0 Å². The third kappa shape index (κ3) is 5.25. The molecule has 2 aromatic carbocycles. The predicted molar refractivity (Wildman–Crippen MR) is 112 cm³/mol. The lowest BCUT2D eigenvalue weighted by atomic mass is 10.2. The van der Waals surface area contributed by atoms with Gasteiger partial charge in [0.2, 0.25) is 5.91 Å². The monoisotopic (exact) mass is 391 g/mol. The second-order valence-electron chi connectivity index (χ2n) is 6.72. The van der Waals surface area contributed by atoms with Crippen LogP contribution in [-0.2, 0) is 4.79 Å². The van der Waals surface area contributed by atoms with E-state index >= 15 is 0 Å². The van der Waals surface area contributed by atoms with Crippen molar-refractivity contribution in [3.8, 4) is 11.4 Å². The summed E-state index contributed by atoms with van der Waals surface area (Å²) in [5, 5.41) is 0. The van der Waals surface area contributed by atoms with Gasteiger partial charge in [0.05, 0.1) is 12.2 Å². The number of aryl methyl sites for hydroxylation is 1. The van der Waals surface area contributed by atoms with Crippen LogP contribution in [0.25, 0.3) is 5.69 Å². The largest absolute Gasteiger partial charge is 0.494 e. The molecule has 0 fully saturated rings. The molecule has 2 amide bonds. The molecule has 0 aliphatic rings. The second-order valence-corrected chi connectivity index (χ2v) is 6.72. The topological polar surface area (TPSA) is 72.4 Å². The third-order valence-electron chi connectivity index (χ3n) is 4.57. The lowest BCUT2D eigenvalue weighted by molar-refractivity contribution is -0.122. The van der Waals surface area contributed by atoms with Gasteiger partial charge in [-0.2, -0.15) is 0 Å². The maximum Gasteiger partial charge on any atom is 0.271 e. The number of ether oxygens (including phenoxy) is 1. The van der Waals surface area contributed by atoms with E-state index in [4.69, 9.17) is 4.74 Å². The van der Waals surface area contributed by atoms with Gasteiger partial charge in [-0.1, -0.05) is 36.4 Å². The number of aromatic nitrogens is 1. The Morgan fingerprint density at radius 2 is 1.59 bits per heavy atom. The minimum atomic E-state index is -0.339. The van der Waals surface area contributed by atoms with Crippen molar-refractivity contribution in [2.45, 2.75) is 26.7 Å². The second kappa shape index (κ2) is 9.59. The number of hydrogen-bond donors (Lipinski definition) is 2. The standard InChI is InChI=1S/C23H25N3O3/c1-17-16-21(18(2)26(17)19-10-5-3-6-11-19)23(28)25-24-22(27)14-9-15-29-20-12-7-4-8-13-20/h3-8,10-13,16H,9,14-15H2,1-2H3,(H,24,27)(H,25,28). The fraction of sp³-hybridized carbons (Fsp3) is 0.217. The molecule has 0 aliphatic carbocycles. The third-order valence-corrected chi connectivity index (χ3v) is 4.57. The van der Waals surface area contributed by atoms with E-state index in [1.54, 1.807) is 0 Å². The summed E-state index contributed by atoms with van der Waals surface area (Å²) in [4.78, 5) is 24.5. The first-order valence-electron chi connectivity index (χ1n) is 9.57. The number of para-hydroxylation sites is 2. The highest BCUT2D eigenvalue weighted by Crippen LogP contribution is 2.20. The first-order chi connectivity index (χ1) is 14.1. The molecule has 0 aliphatic heterocycles. The van der Waals surface area contributed by atoms with Crippen LogP contribution in [-0.4, -0.2) is 23.0 Å². The molecule has 6 nitrogen and oxygen atoms in total. The van der Waals surface area contributed by atoms with Gasteiger partial charge in [0.25, 0.3) is 5.91 Å². The van der Waals surface area contributed by atoms with Gasteiger partial charge in [-0.05, 0) is 50.6 Å². The maximum atomic E-state index is 12.5. The Hall–Kier alpha value is -3.54. The van der Waals surface area contributed by atoms with Crippen molar-refractivity contribution in [2.24, 2.45) is 0 Å². The molecule has 3 aromatic rings. The van der Waals surface area contributed by atoms with Crippen molar-refractivity contribution in [3.05, 3.63) is 83.7 Å². The molecule has 29 heavy (non-hydrogen) atoms. The van der Waals surface area contributed by atoms with Crippen LogP contribution in [0.15, 0.2) is 66.7 Å². The molecule has 3 rings (SSSR count). The SMILES string of the molecule is Cc1cc(C(=O)NNC(=O)CCCOc2ccccc2)c(C)n1-c1ccccc1. The number of rotatable bonds is 7. The summed E-state index contributed by atoms with van der Waals surface area (Å²) in [6, 6.07) is 21.1. The fourth-order valence-corrected chi connectivity index (χ4v) is 3.16. The first-order valence-corrected chi connectivity index (χ1v) is 9.57. The van der Waals surface area contributed by atoms with Crippen LogP contribution in [0.3, 0.4) is 0 Å². The molecule has 0 bridgehead atoms. The molecular weight excluding hydrogens is 366 g/mol. The van der Waals surface area contributed by atoms with Crippen molar-refractivity contribution < 1.29 is 14.3 Å². The molecule has 0 saturated carbocycles. The smallest absolute Gasteiger partial charge is 0.271 e. The molecular formula is C23H25N3O3. The number of carbonyl (C=O) groups is 2. The van der Waals surface area contributed by atoms with Gasteiger partial charge in [-0.3, -0.25) is 20.4 Å².